The highest BCUT2D eigenvalue weighted by atomic mass is 16.5. The molecule has 2 aromatic carbocycles. The van der Waals surface area contributed by atoms with Crippen LogP contribution in [0.25, 0.3) is 10.9 Å². The molecule has 12 atom stereocenters. The fourth-order valence-electron chi connectivity index (χ4n) is 16.1. The molecule has 3 aromatic heterocycles. The number of aliphatic hydroxyl groups excluding tert-OH is 2. The van der Waals surface area contributed by atoms with Crippen LogP contribution >= 0.6 is 0 Å². The molecule has 0 spiro atoms. The van der Waals surface area contributed by atoms with E-state index in [1.165, 1.54) is 70.8 Å². The molecular weight excluding hydrogens is 1810 g/mol. The van der Waals surface area contributed by atoms with Crippen molar-refractivity contribution in [2.24, 2.45) is 11.5 Å². The van der Waals surface area contributed by atoms with Gasteiger partial charge in [0.05, 0.1) is 57.1 Å². The van der Waals surface area contributed by atoms with Crippen molar-refractivity contribution in [2.45, 2.75) is 305 Å². The van der Waals surface area contributed by atoms with Gasteiger partial charge in [-0.3, -0.25) is 82.1 Å². The topological polar surface area (TPSA) is 691 Å². The maximum atomic E-state index is 15.5. The second-order valence-electron chi connectivity index (χ2n) is 35.7. The third-order valence-electron chi connectivity index (χ3n) is 23.9. The number of para-hydroxylation sites is 1. The summed E-state index contributed by atoms with van der Waals surface area (Å²) in [5, 5.41) is 84.4. The Bertz CT molecular complexity index is 4740. The summed E-state index contributed by atoms with van der Waals surface area (Å²) in [7, 11) is 0. The lowest BCUT2D eigenvalue weighted by Gasteiger charge is -2.31. The van der Waals surface area contributed by atoms with E-state index in [2.05, 4.69) is 115 Å². The van der Waals surface area contributed by atoms with Gasteiger partial charge in [-0.15, -0.1) is 5.10 Å². The molecular formula is C94H146N26O20. The molecule has 772 valence electrons. The van der Waals surface area contributed by atoms with Gasteiger partial charge < -0.3 is 126 Å². The van der Waals surface area contributed by atoms with Gasteiger partial charge in [0.25, 0.3) is 0 Å². The van der Waals surface area contributed by atoms with E-state index in [1.54, 1.807) is 63.4 Å². The zero-order valence-electron chi connectivity index (χ0n) is 80.8. The molecule has 140 heavy (non-hydrogen) atoms. The standard InChI is InChI=1S/C94H146N26O20/c1-5-6-31-68(84(129)111-71-38-40-81(126)99-41-26-25-32-66(60(4)122)107-88(133)73(48-62-51-103-67-33-24-23-30-65(62)67)112-85(130)69(34-27-42-101-94(96)97)108-87(132)72(47-61-28-19-18-20-29-61)114-92(137)77-50-64(123)55-120(77)93(71)138)109-90(135)75(53-102-59(2)3)115-89(134)74(49-63-52-98-58-105-63)113-86(131)70(37-39-78(95)124)110-91(136)76(56-121)106-82(127)54-104-83(128)57-140-46-45-139-44-43-100-80(125)36-22-17-15-13-11-9-7-8-10-12-14-16-21-35-79-116-118-119-117-79/h18-20,23-24,28-30,33,51-52,58-59,64,66,68-77,102-103,121,123H,5-17,21-22,25-27,31-32,34-50,53-57H2,1-4H3,(H2,95,124)(H,98,105)(H,99,126)(H,100,125)(H,104,128)(H,106,127)(H,107,133)(H,108,132)(H,109,135)(H,110,136)(H,111,129)(H,112,130)(H,113,131)(H,114,137)(H,115,134)(H4,96,97,101)(H,116,117,118,119)/t64-,66+,68+,69+,70+,71+,72-,73+,74+,75-,76+,77+/m1/s1. The number of aryl methyl sites for hydroxylation is 1. The molecule has 2 aliphatic rings. The van der Waals surface area contributed by atoms with Crippen molar-refractivity contribution >= 4 is 111 Å². The Morgan fingerprint density at radius 2 is 1.24 bits per heavy atom. The number of nitrogens with one attached hydrogen (secondary N) is 19. The van der Waals surface area contributed by atoms with Crippen molar-refractivity contribution in [3.05, 3.63) is 96.0 Å². The number of carbonyl (C=O) groups is 16. The molecule has 46 heteroatoms. The predicted octanol–water partition coefficient (Wildman–Crippen LogP) is -1.41. The van der Waals surface area contributed by atoms with E-state index >= 15 is 24.0 Å². The molecule has 5 heterocycles. The van der Waals surface area contributed by atoms with Crippen LogP contribution in [0.15, 0.2) is 73.3 Å². The van der Waals surface area contributed by atoms with Crippen LogP contribution in [0.4, 0.5) is 0 Å². The van der Waals surface area contributed by atoms with Gasteiger partial charge >= 0.3 is 0 Å². The van der Waals surface area contributed by atoms with Crippen LogP contribution in [0.3, 0.4) is 0 Å². The third-order valence-corrected chi connectivity index (χ3v) is 23.9. The molecule has 46 nitrogen and oxygen atoms in total. The van der Waals surface area contributed by atoms with Crippen LogP contribution < -0.4 is 91.2 Å². The highest BCUT2D eigenvalue weighted by Gasteiger charge is 2.44. The van der Waals surface area contributed by atoms with Gasteiger partial charge in [0.2, 0.25) is 88.6 Å². The number of nitrogens with zero attached hydrogens (tertiary/aromatic N) is 5. The number of imidazole rings is 1. The van der Waals surface area contributed by atoms with Crippen LogP contribution in [0.5, 0.6) is 0 Å². The normalized spacial score (nSPS) is 18.6. The van der Waals surface area contributed by atoms with Gasteiger partial charge in [0, 0.05) is 113 Å². The molecule has 0 bridgehead atoms. The zero-order chi connectivity index (χ0) is 102. The van der Waals surface area contributed by atoms with Crippen LogP contribution in [0, 0.1) is 5.41 Å². The lowest BCUT2D eigenvalue weighted by molar-refractivity contribution is -0.143. The van der Waals surface area contributed by atoms with Crippen LogP contribution in [-0.2, 0) is 112 Å². The van der Waals surface area contributed by atoms with Crippen molar-refractivity contribution in [1.82, 2.24) is 120 Å². The number of aliphatic hydroxyl groups is 2. The van der Waals surface area contributed by atoms with Crippen LogP contribution in [0.1, 0.15) is 224 Å². The molecule has 0 radical (unpaired) electrons. The maximum Gasteiger partial charge on any atom is 0.246 e. The fraction of sp³-hybridized carbons (Fsp3) is 0.628. The Morgan fingerprint density at radius 1 is 0.614 bits per heavy atom. The van der Waals surface area contributed by atoms with Gasteiger partial charge in [0.15, 0.2) is 11.7 Å². The Hall–Kier alpha value is -13.0. The lowest BCUT2D eigenvalue weighted by Crippen LogP contribution is -2.62. The predicted molar refractivity (Wildman–Crippen MR) is 514 cm³/mol. The van der Waals surface area contributed by atoms with Crippen molar-refractivity contribution in [3.63, 3.8) is 0 Å². The molecule has 7 rings (SSSR count). The first-order valence-corrected chi connectivity index (χ1v) is 48.9. The summed E-state index contributed by atoms with van der Waals surface area (Å²) in [6.07, 6.45) is 17.6. The number of amides is 15. The SMILES string of the molecule is CCCC[C@H](NC(=O)[C@@H](CNC(C)C)NC(=O)[C@H](Cc1c[nH]cn1)NC(=O)[C@H](CCC(N)=O)NC(=O)[C@H](CO)NC(=O)CNC(=O)COCCOCCNC(=O)CCCCCCCCCCCCCCCc1nnn[nH]1)C(=O)N[C@H]1CCC(=O)NCCCC[C@@H](C(C)=O)NC(=O)[C@H](Cc2c[nH]c3ccccc23)NC(=O)[C@H](CCCNC(=N)N)NC(=O)[C@@H](Cc2ccccc2)NC(=O)[C@@H]2C[C@@H](O)CN2C1=O. The monoisotopic (exact) mass is 1960 g/mol. The molecule has 5 aromatic rings. The first kappa shape index (κ1) is 114. The van der Waals surface area contributed by atoms with Crippen molar-refractivity contribution in [2.75, 3.05) is 72.3 Å². The summed E-state index contributed by atoms with van der Waals surface area (Å²) in [6.45, 7) is 4.21. The lowest BCUT2D eigenvalue weighted by atomic mass is 10.0. The van der Waals surface area contributed by atoms with Crippen molar-refractivity contribution in [1.29, 1.82) is 5.41 Å². The van der Waals surface area contributed by atoms with Gasteiger partial charge in [0.1, 0.15) is 72.8 Å². The van der Waals surface area contributed by atoms with E-state index in [-0.39, 0.29) is 140 Å². The number of primary amides is 1. The van der Waals surface area contributed by atoms with E-state index in [0.29, 0.717) is 24.0 Å². The first-order valence-electron chi connectivity index (χ1n) is 48.9. The number of aromatic amines is 3. The molecule has 2 saturated heterocycles. The first-order chi connectivity index (χ1) is 67.4. The zero-order valence-corrected chi connectivity index (χ0v) is 80.8. The van der Waals surface area contributed by atoms with E-state index in [4.69, 9.17) is 26.4 Å². The molecule has 25 N–H and O–H groups in total. The molecule has 0 aliphatic carbocycles. The maximum absolute atomic E-state index is 15.5. The number of hydrogen-bond donors (Lipinski definition) is 23. The van der Waals surface area contributed by atoms with E-state index in [0.717, 1.165) is 60.2 Å². The number of Topliss-reactive ketones (excluding diaryl/α,β-unsaturated/α-hetero) is 1. The van der Waals surface area contributed by atoms with E-state index < -0.39 is 213 Å². The van der Waals surface area contributed by atoms with Gasteiger partial charge in [-0.05, 0) is 98.8 Å². The number of fused-ring (bicyclic) bond motifs is 2. The second kappa shape index (κ2) is 63.6. The second-order valence-corrected chi connectivity index (χ2v) is 35.7. The fourth-order valence-corrected chi connectivity index (χ4v) is 16.1. The number of unbranched alkanes of at least 4 members (excludes halogenated alkanes) is 13. The molecule has 2 aliphatic heterocycles. The smallest absolute Gasteiger partial charge is 0.246 e. The van der Waals surface area contributed by atoms with Gasteiger partial charge in [-0.1, -0.05) is 153 Å². The number of ether oxygens (including phenoxy) is 2. The molecule has 0 unspecified atom stereocenters. The van der Waals surface area contributed by atoms with Crippen LogP contribution in [0.2, 0.25) is 0 Å². The summed E-state index contributed by atoms with van der Waals surface area (Å²) < 4.78 is 10.9. The number of carbonyl (C=O) groups excluding carboxylic acids is 16. The number of guanidine groups is 1. The average Bonchev–Trinajstić information content (AvgIpc) is 1.64. The number of ketones is 1. The summed E-state index contributed by atoms with van der Waals surface area (Å²) >= 11 is 0. The Labute approximate surface area is 814 Å². The molecule has 15 amide bonds. The minimum absolute atomic E-state index is 0.00790. The Balaban J connectivity index is 0.975. The number of aromatic nitrogens is 7. The quantitative estimate of drug-likeness (QED) is 0.0121. The average molecular weight is 1960 g/mol. The minimum Gasteiger partial charge on any atom is -0.394 e. The van der Waals surface area contributed by atoms with Crippen molar-refractivity contribution in [3.8, 4) is 0 Å². The van der Waals surface area contributed by atoms with Gasteiger partial charge in [-0.2, -0.15) is 0 Å². The number of H-pyrrole nitrogens is 3. The van der Waals surface area contributed by atoms with E-state index in [1.807, 2.05) is 18.2 Å². The van der Waals surface area contributed by atoms with E-state index in [9.17, 15) is 63.0 Å². The summed E-state index contributed by atoms with van der Waals surface area (Å²) in [4.78, 5) is 238. The Kier molecular flexibility index (Phi) is 51.8. The number of nitrogens with two attached hydrogens (primary N) is 2. The number of hydrogen-bond acceptors (Lipinski definition) is 26. The number of benzene rings is 2. The summed E-state index contributed by atoms with van der Waals surface area (Å²) in [5.41, 5.74) is 13.2. The Morgan fingerprint density at radius 3 is 1.91 bits per heavy atom. The summed E-state index contributed by atoms with van der Waals surface area (Å²) in [5.74, 6) is -12.8. The molecule has 0 saturated carbocycles. The minimum atomic E-state index is -1.76. The van der Waals surface area contributed by atoms with Crippen LogP contribution in [-0.4, -0.2) is 302 Å². The number of tetrazole rings is 1. The van der Waals surface area contributed by atoms with Gasteiger partial charge in [-0.25, -0.2) is 10.1 Å². The number of rotatable bonds is 58. The van der Waals surface area contributed by atoms with Crippen molar-refractivity contribution < 1.29 is 96.4 Å². The molecule has 2 fully saturated rings. The highest BCUT2D eigenvalue weighted by Crippen LogP contribution is 2.24. The summed E-state index contributed by atoms with van der Waals surface area (Å²) in [6, 6.07) is -1.41. The third kappa shape index (κ3) is 43.2. The largest absolute Gasteiger partial charge is 0.394 e. The highest BCUT2D eigenvalue weighted by molar-refractivity contribution is 6.01.